The summed E-state index contributed by atoms with van der Waals surface area (Å²) >= 11 is 0. The number of sulfone groups is 1. The van der Waals surface area contributed by atoms with E-state index in [1.807, 2.05) is 0 Å². The zero-order valence-corrected chi connectivity index (χ0v) is 10.7. The standard InChI is InChI=1S/C7H17O6PS/c1-7(2,3)6-15(11,12)5-4-13-14(8,9)10/h4-6H2,1-3H3,(H2,8,9,10). The third kappa shape index (κ3) is 10.3. The molecule has 0 saturated heterocycles. The van der Waals surface area contributed by atoms with Gasteiger partial charge in [-0.1, -0.05) is 20.8 Å². The lowest BCUT2D eigenvalue weighted by atomic mass is 10.0. The first kappa shape index (κ1) is 15.1. The van der Waals surface area contributed by atoms with Crippen LogP contribution >= 0.6 is 7.82 Å². The summed E-state index contributed by atoms with van der Waals surface area (Å²) in [5.74, 6) is -0.417. The van der Waals surface area contributed by atoms with Crippen molar-refractivity contribution in [3.8, 4) is 0 Å². The molecule has 2 N–H and O–H groups in total. The van der Waals surface area contributed by atoms with Crippen LogP contribution in [0, 0.1) is 5.41 Å². The quantitative estimate of drug-likeness (QED) is 0.700. The van der Waals surface area contributed by atoms with Crippen molar-refractivity contribution in [3.63, 3.8) is 0 Å². The van der Waals surface area contributed by atoms with Gasteiger partial charge in [-0.15, -0.1) is 0 Å². The molecule has 0 amide bonds. The highest BCUT2D eigenvalue weighted by atomic mass is 32.2. The van der Waals surface area contributed by atoms with Crippen LogP contribution in [0.4, 0.5) is 0 Å². The molecule has 0 unspecified atom stereocenters. The number of hydrogen-bond acceptors (Lipinski definition) is 4. The highest BCUT2D eigenvalue weighted by Crippen LogP contribution is 2.35. The third-order valence-corrected chi connectivity index (χ3v) is 3.92. The normalized spacial score (nSPS) is 14.2. The fourth-order valence-electron chi connectivity index (χ4n) is 1.02. The molecule has 0 spiro atoms. The molecule has 0 saturated carbocycles. The van der Waals surface area contributed by atoms with Gasteiger partial charge in [-0.25, -0.2) is 13.0 Å². The molecule has 15 heavy (non-hydrogen) atoms. The van der Waals surface area contributed by atoms with Gasteiger partial charge in [0, 0.05) is 0 Å². The van der Waals surface area contributed by atoms with E-state index in [0.717, 1.165) is 0 Å². The van der Waals surface area contributed by atoms with Gasteiger partial charge in [-0.05, 0) is 5.41 Å². The second-order valence-electron chi connectivity index (χ2n) is 4.48. The van der Waals surface area contributed by atoms with Crippen molar-refractivity contribution in [1.82, 2.24) is 0 Å². The molecule has 0 aliphatic carbocycles. The molecule has 0 aromatic rings. The molecule has 0 aliphatic heterocycles. The zero-order chi connectivity index (χ0) is 12.3. The maximum absolute atomic E-state index is 11.4. The van der Waals surface area contributed by atoms with Gasteiger partial charge in [0.2, 0.25) is 0 Å². The molecular weight excluding hydrogens is 243 g/mol. The summed E-state index contributed by atoms with van der Waals surface area (Å²) in [4.78, 5) is 16.7. The van der Waals surface area contributed by atoms with Crippen LogP contribution in [0.15, 0.2) is 0 Å². The molecule has 0 fully saturated rings. The molecule has 0 rings (SSSR count). The Balaban J connectivity index is 4.13. The maximum Gasteiger partial charge on any atom is 0.469 e. The van der Waals surface area contributed by atoms with E-state index in [-0.39, 0.29) is 16.9 Å². The smallest absolute Gasteiger partial charge is 0.303 e. The van der Waals surface area contributed by atoms with Crippen LogP contribution in [0.25, 0.3) is 0 Å². The summed E-state index contributed by atoms with van der Waals surface area (Å²) in [6, 6.07) is 0. The molecule has 0 aromatic carbocycles. The Morgan fingerprint density at radius 3 is 2.07 bits per heavy atom. The Kier molecular flexibility index (Phi) is 4.95. The number of rotatable bonds is 5. The van der Waals surface area contributed by atoms with Crippen LogP contribution in [0.2, 0.25) is 0 Å². The van der Waals surface area contributed by atoms with Gasteiger partial charge in [0.15, 0.2) is 9.84 Å². The average Bonchev–Trinajstić information content (AvgIpc) is 1.75. The summed E-state index contributed by atoms with van der Waals surface area (Å²) in [5.41, 5.74) is -0.374. The SMILES string of the molecule is CC(C)(C)CS(=O)(=O)CCOP(=O)(O)O. The monoisotopic (exact) mass is 260 g/mol. The minimum absolute atomic E-state index is 0.0372. The summed E-state index contributed by atoms with van der Waals surface area (Å²) < 4.78 is 37.1. The molecule has 0 heterocycles. The van der Waals surface area contributed by atoms with E-state index >= 15 is 0 Å². The molecule has 0 radical (unpaired) electrons. The van der Waals surface area contributed by atoms with Crippen molar-refractivity contribution in [2.45, 2.75) is 20.8 Å². The second-order valence-corrected chi connectivity index (χ2v) is 7.90. The first-order chi connectivity index (χ1) is 6.41. The molecule has 0 aliphatic rings. The maximum atomic E-state index is 11.4. The van der Waals surface area contributed by atoms with Gasteiger partial charge in [-0.2, -0.15) is 0 Å². The largest absolute Gasteiger partial charge is 0.469 e. The van der Waals surface area contributed by atoms with Gasteiger partial charge >= 0.3 is 7.82 Å². The van der Waals surface area contributed by atoms with Crippen molar-refractivity contribution in [1.29, 1.82) is 0 Å². The fourth-order valence-corrected chi connectivity index (χ4v) is 3.27. The van der Waals surface area contributed by atoms with E-state index in [1.54, 1.807) is 20.8 Å². The van der Waals surface area contributed by atoms with Crippen molar-refractivity contribution >= 4 is 17.7 Å². The van der Waals surface area contributed by atoms with Crippen molar-refractivity contribution in [2.75, 3.05) is 18.1 Å². The van der Waals surface area contributed by atoms with E-state index < -0.39 is 24.3 Å². The number of hydrogen-bond donors (Lipinski definition) is 2. The molecule has 8 heteroatoms. The second kappa shape index (κ2) is 4.93. The van der Waals surface area contributed by atoms with Crippen molar-refractivity contribution < 1.29 is 27.3 Å². The Morgan fingerprint density at radius 2 is 1.73 bits per heavy atom. The molecule has 0 atom stereocenters. The van der Waals surface area contributed by atoms with E-state index in [0.29, 0.717) is 0 Å². The average molecular weight is 260 g/mol. The predicted octanol–water partition coefficient (Wildman–Crippen LogP) is 0.557. The molecule has 6 nitrogen and oxygen atoms in total. The van der Waals surface area contributed by atoms with E-state index in [9.17, 15) is 13.0 Å². The lowest BCUT2D eigenvalue weighted by Gasteiger charge is -2.17. The minimum Gasteiger partial charge on any atom is -0.303 e. The Hall–Kier alpha value is 0.0600. The molecule has 92 valence electrons. The van der Waals surface area contributed by atoms with E-state index in [1.165, 1.54) is 0 Å². The van der Waals surface area contributed by atoms with Gasteiger partial charge in [0.1, 0.15) is 0 Å². The van der Waals surface area contributed by atoms with E-state index in [4.69, 9.17) is 9.79 Å². The lowest BCUT2D eigenvalue weighted by Crippen LogP contribution is -2.24. The molecule has 0 aromatic heterocycles. The van der Waals surface area contributed by atoms with Gasteiger partial charge in [0.25, 0.3) is 0 Å². The summed E-state index contributed by atoms with van der Waals surface area (Å²) in [6.45, 7) is 4.83. The number of phosphoric ester groups is 1. The van der Waals surface area contributed by atoms with Gasteiger partial charge < -0.3 is 9.79 Å². The Labute approximate surface area is 89.8 Å². The van der Waals surface area contributed by atoms with E-state index in [2.05, 4.69) is 4.52 Å². The van der Waals surface area contributed by atoms with Crippen LogP contribution in [0.3, 0.4) is 0 Å². The molecular formula is C7H17O6PS. The topological polar surface area (TPSA) is 101 Å². The third-order valence-electron chi connectivity index (χ3n) is 1.31. The molecule has 0 bridgehead atoms. The lowest BCUT2D eigenvalue weighted by molar-refractivity contribution is 0.207. The Morgan fingerprint density at radius 1 is 1.27 bits per heavy atom. The predicted molar refractivity (Wildman–Crippen MR) is 56.1 cm³/mol. The zero-order valence-electron chi connectivity index (χ0n) is 9.00. The first-order valence-electron chi connectivity index (χ1n) is 4.32. The van der Waals surface area contributed by atoms with Crippen LogP contribution in [0.1, 0.15) is 20.8 Å². The summed E-state index contributed by atoms with van der Waals surface area (Å²) in [6.07, 6.45) is 0. The fraction of sp³-hybridized carbons (Fsp3) is 1.00. The van der Waals surface area contributed by atoms with Gasteiger partial charge in [0.05, 0.1) is 18.1 Å². The van der Waals surface area contributed by atoms with Crippen molar-refractivity contribution in [3.05, 3.63) is 0 Å². The van der Waals surface area contributed by atoms with Crippen LogP contribution < -0.4 is 0 Å². The summed E-state index contributed by atoms with van der Waals surface area (Å²) in [5, 5.41) is 0. The van der Waals surface area contributed by atoms with Crippen LogP contribution in [-0.2, 0) is 18.9 Å². The van der Waals surface area contributed by atoms with Gasteiger partial charge in [-0.3, -0.25) is 4.52 Å². The minimum atomic E-state index is -4.57. The summed E-state index contributed by atoms with van der Waals surface area (Å²) in [7, 11) is -7.90. The Bertz CT molecular complexity index is 335. The van der Waals surface area contributed by atoms with Crippen LogP contribution in [0.5, 0.6) is 0 Å². The highest BCUT2D eigenvalue weighted by Gasteiger charge is 2.23. The first-order valence-corrected chi connectivity index (χ1v) is 7.67. The number of phosphoric acid groups is 1. The van der Waals surface area contributed by atoms with Crippen LogP contribution in [-0.4, -0.2) is 36.3 Å². The van der Waals surface area contributed by atoms with Crippen molar-refractivity contribution in [2.24, 2.45) is 5.41 Å². The highest BCUT2D eigenvalue weighted by molar-refractivity contribution is 7.91.